The molecule has 0 bridgehead atoms. The van der Waals surface area contributed by atoms with E-state index in [-0.39, 0.29) is 5.69 Å². The van der Waals surface area contributed by atoms with Gasteiger partial charge in [0.25, 0.3) is 5.69 Å². The first-order chi connectivity index (χ1) is 9.49. The summed E-state index contributed by atoms with van der Waals surface area (Å²) in [4.78, 5) is 21.6. The van der Waals surface area contributed by atoms with Crippen molar-refractivity contribution in [3.63, 3.8) is 0 Å². The van der Waals surface area contributed by atoms with E-state index in [4.69, 9.17) is 4.74 Å². The maximum atomic E-state index is 11.5. The molecule has 0 aliphatic carbocycles. The molecule has 20 heavy (non-hydrogen) atoms. The number of rotatable bonds is 7. The van der Waals surface area contributed by atoms with Crippen LogP contribution in [0.15, 0.2) is 36.4 Å². The third-order valence-corrected chi connectivity index (χ3v) is 2.20. The van der Waals surface area contributed by atoms with Crippen LogP contribution in [-0.2, 0) is 4.74 Å². The summed E-state index contributed by atoms with van der Waals surface area (Å²) in [7, 11) is 0. The molecular weight excluding hydrogens is 262 g/mol. The highest BCUT2D eigenvalue weighted by Gasteiger charge is 2.07. The van der Waals surface area contributed by atoms with Crippen LogP contribution in [0.2, 0.25) is 0 Å². The number of carbonyl (C=O) groups is 1. The van der Waals surface area contributed by atoms with Gasteiger partial charge in [0.05, 0.1) is 18.1 Å². The molecule has 0 heterocycles. The molecule has 0 aliphatic rings. The zero-order valence-electron chi connectivity index (χ0n) is 11.2. The minimum absolute atomic E-state index is 0.0763. The molecular formula is C13H17N3O4. The quantitative estimate of drug-likeness (QED) is 0.346. The molecule has 0 aromatic heterocycles. The molecule has 0 spiro atoms. The number of benzene rings is 1. The molecule has 1 aromatic carbocycles. The van der Waals surface area contributed by atoms with E-state index in [1.54, 1.807) is 6.07 Å². The van der Waals surface area contributed by atoms with Crippen LogP contribution in [0.25, 0.3) is 0 Å². The van der Waals surface area contributed by atoms with Crippen molar-refractivity contribution in [2.24, 2.45) is 0 Å². The van der Waals surface area contributed by atoms with Gasteiger partial charge in [-0.15, -0.1) is 0 Å². The van der Waals surface area contributed by atoms with Crippen molar-refractivity contribution < 1.29 is 14.5 Å². The summed E-state index contributed by atoms with van der Waals surface area (Å²) in [5.74, 6) is 0. The largest absolute Gasteiger partial charge is 0.375 e. The van der Waals surface area contributed by atoms with E-state index in [0.717, 1.165) is 5.57 Å². The van der Waals surface area contributed by atoms with Crippen molar-refractivity contribution in [2.45, 2.75) is 6.92 Å². The Kier molecular flexibility index (Phi) is 6.18. The van der Waals surface area contributed by atoms with Gasteiger partial charge in [0.2, 0.25) is 0 Å². The molecule has 7 heteroatoms. The predicted molar refractivity (Wildman–Crippen MR) is 75.8 cm³/mol. The average molecular weight is 279 g/mol. The van der Waals surface area contributed by atoms with Crippen LogP contribution in [0.1, 0.15) is 6.92 Å². The molecule has 0 unspecified atom stereocenters. The first kappa shape index (κ1) is 15.6. The van der Waals surface area contributed by atoms with Crippen molar-refractivity contribution in [3.8, 4) is 0 Å². The van der Waals surface area contributed by atoms with E-state index < -0.39 is 11.0 Å². The van der Waals surface area contributed by atoms with Crippen molar-refractivity contribution in [1.29, 1.82) is 0 Å². The minimum Gasteiger partial charge on any atom is -0.375 e. The SMILES string of the molecule is C=C(C)COCCNC(=O)Nc1cccc([N+](=O)[O-])c1. The number of amides is 2. The van der Waals surface area contributed by atoms with Crippen LogP contribution >= 0.6 is 0 Å². The molecule has 1 rings (SSSR count). The summed E-state index contributed by atoms with van der Waals surface area (Å²) < 4.78 is 5.21. The molecule has 0 aliphatic heterocycles. The van der Waals surface area contributed by atoms with Crippen molar-refractivity contribution >= 4 is 17.4 Å². The van der Waals surface area contributed by atoms with Crippen LogP contribution in [0.4, 0.5) is 16.2 Å². The summed E-state index contributed by atoms with van der Waals surface area (Å²) >= 11 is 0. The second-order valence-corrected chi connectivity index (χ2v) is 4.20. The van der Waals surface area contributed by atoms with E-state index in [1.807, 2.05) is 6.92 Å². The van der Waals surface area contributed by atoms with Crippen LogP contribution in [-0.4, -0.2) is 30.7 Å². The second kappa shape index (κ2) is 7.90. The number of nitro benzene ring substituents is 1. The lowest BCUT2D eigenvalue weighted by Crippen LogP contribution is -2.31. The number of hydrogen-bond donors (Lipinski definition) is 2. The van der Waals surface area contributed by atoms with E-state index in [2.05, 4.69) is 17.2 Å². The van der Waals surface area contributed by atoms with Gasteiger partial charge in [0, 0.05) is 24.4 Å². The third-order valence-electron chi connectivity index (χ3n) is 2.20. The maximum Gasteiger partial charge on any atom is 0.319 e. The topological polar surface area (TPSA) is 93.5 Å². The number of nitrogens with zero attached hydrogens (tertiary/aromatic N) is 1. The number of hydrogen-bond acceptors (Lipinski definition) is 4. The van der Waals surface area contributed by atoms with E-state index in [9.17, 15) is 14.9 Å². The summed E-state index contributed by atoms with van der Waals surface area (Å²) in [5, 5.41) is 15.7. The lowest BCUT2D eigenvalue weighted by Gasteiger charge is -2.08. The van der Waals surface area contributed by atoms with Gasteiger partial charge in [-0.3, -0.25) is 10.1 Å². The van der Waals surface area contributed by atoms with E-state index >= 15 is 0 Å². The standard InChI is InChI=1S/C13H17N3O4/c1-10(2)9-20-7-6-14-13(17)15-11-4-3-5-12(8-11)16(18)19/h3-5,8H,1,6-7,9H2,2H3,(H2,14,15,17). The van der Waals surface area contributed by atoms with Crippen LogP contribution in [0, 0.1) is 10.1 Å². The van der Waals surface area contributed by atoms with Crippen LogP contribution in [0.5, 0.6) is 0 Å². The number of ether oxygens (including phenoxy) is 1. The Bertz CT molecular complexity index is 502. The lowest BCUT2D eigenvalue weighted by molar-refractivity contribution is -0.384. The highest BCUT2D eigenvalue weighted by Crippen LogP contribution is 2.16. The molecule has 1 aromatic rings. The molecule has 0 saturated carbocycles. The lowest BCUT2D eigenvalue weighted by atomic mass is 10.3. The molecule has 0 atom stereocenters. The van der Waals surface area contributed by atoms with Gasteiger partial charge in [-0.25, -0.2) is 4.79 Å². The zero-order valence-corrected chi connectivity index (χ0v) is 11.2. The summed E-state index contributed by atoms with van der Waals surface area (Å²) in [6, 6.07) is 5.28. The van der Waals surface area contributed by atoms with Crippen molar-refractivity contribution in [3.05, 3.63) is 46.5 Å². The van der Waals surface area contributed by atoms with Gasteiger partial charge in [-0.1, -0.05) is 18.2 Å². The normalized spacial score (nSPS) is 9.85. The molecule has 2 N–H and O–H groups in total. The Morgan fingerprint density at radius 3 is 2.90 bits per heavy atom. The monoisotopic (exact) mass is 279 g/mol. The molecule has 0 fully saturated rings. The maximum absolute atomic E-state index is 11.5. The Morgan fingerprint density at radius 1 is 1.50 bits per heavy atom. The highest BCUT2D eigenvalue weighted by atomic mass is 16.6. The number of anilines is 1. The van der Waals surface area contributed by atoms with Gasteiger partial charge >= 0.3 is 6.03 Å². The highest BCUT2D eigenvalue weighted by molar-refractivity contribution is 5.89. The fraction of sp³-hybridized carbons (Fsp3) is 0.308. The Balaban J connectivity index is 2.33. The van der Waals surface area contributed by atoms with Gasteiger partial charge in [0.15, 0.2) is 0 Å². The van der Waals surface area contributed by atoms with E-state index in [0.29, 0.717) is 25.4 Å². The number of urea groups is 1. The molecule has 108 valence electrons. The fourth-order valence-electron chi connectivity index (χ4n) is 1.36. The third kappa shape index (κ3) is 5.96. The van der Waals surface area contributed by atoms with Gasteiger partial charge in [0.1, 0.15) is 0 Å². The summed E-state index contributed by atoms with van der Waals surface area (Å²) in [6.45, 7) is 6.70. The number of nitrogens with one attached hydrogen (secondary N) is 2. The second-order valence-electron chi connectivity index (χ2n) is 4.20. The fourth-order valence-corrected chi connectivity index (χ4v) is 1.36. The van der Waals surface area contributed by atoms with Crippen LogP contribution in [0.3, 0.4) is 0 Å². The number of carbonyl (C=O) groups excluding carboxylic acids is 1. The average Bonchev–Trinajstić information content (AvgIpc) is 2.38. The zero-order chi connectivity index (χ0) is 15.0. The smallest absolute Gasteiger partial charge is 0.319 e. The van der Waals surface area contributed by atoms with E-state index in [1.165, 1.54) is 18.2 Å². The van der Waals surface area contributed by atoms with Gasteiger partial charge < -0.3 is 15.4 Å². The van der Waals surface area contributed by atoms with Crippen molar-refractivity contribution in [1.82, 2.24) is 5.32 Å². The molecule has 2 amide bonds. The minimum atomic E-state index is -0.519. The van der Waals surface area contributed by atoms with Crippen LogP contribution < -0.4 is 10.6 Å². The van der Waals surface area contributed by atoms with Gasteiger partial charge in [-0.2, -0.15) is 0 Å². The number of non-ortho nitro benzene ring substituents is 1. The molecule has 0 radical (unpaired) electrons. The Labute approximate surface area is 116 Å². The first-order valence-electron chi connectivity index (χ1n) is 6.00. The predicted octanol–water partition coefficient (Wildman–Crippen LogP) is 2.31. The number of nitro groups is 1. The summed E-state index contributed by atoms with van der Waals surface area (Å²) in [6.07, 6.45) is 0. The molecule has 7 nitrogen and oxygen atoms in total. The Hall–Kier alpha value is -2.41. The Morgan fingerprint density at radius 2 is 2.25 bits per heavy atom. The van der Waals surface area contributed by atoms with Crippen molar-refractivity contribution in [2.75, 3.05) is 25.1 Å². The summed E-state index contributed by atoms with van der Waals surface area (Å²) in [5.41, 5.74) is 1.19. The molecule has 0 saturated heterocycles. The first-order valence-corrected chi connectivity index (χ1v) is 6.00. The van der Waals surface area contributed by atoms with Gasteiger partial charge in [-0.05, 0) is 13.0 Å².